The third-order valence-corrected chi connectivity index (χ3v) is 7.09. The van der Waals surface area contributed by atoms with Crippen molar-refractivity contribution >= 4 is 20.1 Å². The monoisotopic (exact) mass is 375 g/mol. The van der Waals surface area contributed by atoms with Crippen molar-refractivity contribution in [1.82, 2.24) is 4.72 Å². The Bertz CT molecular complexity index is 733. The van der Waals surface area contributed by atoms with E-state index in [1.807, 2.05) is 6.92 Å². The zero-order chi connectivity index (χ0) is 17.8. The van der Waals surface area contributed by atoms with Gasteiger partial charge in [-0.1, -0.05) is 17.7 Å². The van der Waals surface area contributed by atoms with Crippen molar-refractivity contribution in [3.05, 3.63) is 29.8 Å². The van der Waals surface area contributed by atoms with E-state index in [1.54, 1.807) is 31.2 Å². The van der Waals surface area contributed by atoms with Crippen LogP contribution in [-0.4, -0.2) is 35.2 Å². The first-order valence-corrected chi connectivity index (χ1v) is 11.2. The van der Waals surface area contributed by atoms with Crippen LogP contribution in [0.15, 0.2) is 29.2 Å². The molecule has 24 heavy (non-hydrogen) atoms. The summed E-state index contributed by atoms with van der Waals surface area (Å²) in [4.78, 5) is 0.164. The van der Waals surface area contributed by atoms with Gasteiger partial charge in [0.2, 0.25) is 10.0 Å². The van der Waals surface area contributed by atoms with Crippen LogP contribution in [0, 0.1) is 12.8 Å². The predicted molar refractivity (Wildman–Crippen MR) is 92.7 cm³/mol. The zero-order valence-corrected chi connectivity index (χ0v) is 15.7. The highest BCUT2D eigenvalue weighted by Crippen LogP contribution is 2.26. The number of aryl methyl sites for hydroxylation is 1. The van der Waals surface area contributed by atoms with Crippen LogP contribution in [0.1, 0.15) is 38.2 Å². The minimum absolute atomic E-state index is 0.0556. The molecule has 0 aliphatic heterocycles. The Balaban J connectivity index is 1.83. The SMILES string of the molecule is CCS(=O)(=O)N[C@H]1CC[C@H](COS(=O)(=O)c2ccc(C)cc2)CC1. The van der Waals surface area contributed by atoms with Gasteiger partial charge in [0.05, 0.1) is 17.3 Å². The van der Waals surface area contributed by atoms with Gasteiger partial charge >= 0.3 is 0 Å². The molecule has 0 radical (unpaired) electrons. The molecule has 1 fully saturated rings. The number of sulfonamides is 1. The highest BCUT2D eigenvalue weighted by molar-refractivity contribution is 7.89. The summed E-state index contributed by atoms with van der Waals surface area (Å²) in [6.07, 6.45) is 2.91. The van der Waals surface area contributed by atoms with E-state index in [0.29, 0.717) is 12.8 Å². The Morgan fingerprint density at radius 2 is 1.62 bits per heavy atom. The lowest BCUT2D eigenvalue weighted by Gasteiger charge is -2.28. The average Bonchev–Trinajstić information content (AvgIpc) is 2.54. The minimum atomic E-state index is -3.73. The molecule has 136 valence electrons. The number of rotatable bonds is 7. The van der Waals surface area contributed by atoms with Crippen LogP contribution in [0.3, 0.4) is 0 Å². The second kappa shape index (κ2) is 7.95. The lowest BCUT2D eigenvalue weighted by molar-refractivity contribution is 0.202. The van der Waals surface area contributed by atoms with Gasteiger partial charge in [-0.3, -0.25) is 4.18 Å². The van der Waals surface area contributed by atoms with E-state index < -0.39 is 20.1 Å². The van der Waals surface area contributed by atoms with E-state index in [9.17, 15) is 16.8 Å². The van der Waals surface area contributed by atoms with Crippen molar-refractivity contribution in [3.63, 3.8) is 0 Å². The van der Waals surface area contributed by atoms with Crippen molar-refractivity contribution < 1.29 is 21.0 Å². The molecule has 0 atom stereocenters. The lowest BCUT2D eigenvalue weighted by Crippen LogP contribution is -2.39. The third kappa shape index (κ3) is 5.54. The second-order valence-corrected chi connectivity index (χ2v) is 9.95. The Morgan fingerprint density at radius 1 is 1.04 bits per heavy atom. The molecule has 0 saturated heterocycles. The predicted octanol–water partition coefficient (Wildman–Crippen LogP) is 2.20. The van der Waals surface area contributed by atoms with Gasteiger partial charge in [-0.25, -0.2) is 13.1 Å². The molecule has 0 bridgehead atoms. The number of benzene rings is 1. The molecule has 1 aromatic rings. The molecule has 0 spiro atoms. The molecule has 6 nitrogen and oxygen atoms in total. The third-order valence-electron chi connectivity index (χ3n) is 4.34. The van der Waals surface area contributed by atoms with E-state index in [0.717, 1.165) is 18.4 Å². The Morgan fingerprint density at radius 3 is 2.17 bits per heavy atom. The highest BCUT2D eigenvalue weighted by atomic mass is 32.2. The average molecular weight is 376 g/mol. The van der Waals surface area contributed by atoms with Gasteiger partial charge in [0.25, 0.3) is 10.1 Å². The van der Waals surface area contributed by atoms with Gasteiger partial charge in [-0.15, -0.1) is 0 Å². The minimum Gasteiger partial charge on any atom is -0.266 e. The first kappa shape index (κ1) is 19.4. The topological polar surface area (TPSA) is 89.5 Å². The van der Waals surface area contributed by atoms with Crippen molar-refractivity contribution in [2.24, 2.45) is 5.92 Å². The summed E-state index contributed by atoms with van der Waals surface area (Å²) in [6, 6.07) is 6.50. The van der Waals surface area contributed by atoms with E-state index in [2.05, 4.69) is 4.72 Å². The van der Waals surface area contributed by atoms with Crippen molar-refractivity contribution in [2.75, 3.05) is 12.4 Å². The summed E-state index contributed by atoms with van der Waals surface area (Å²) in [5.74, 6) is 0.206. The standard InChI is InChI=1S/C16H25NO5S2/c1-3-23(18,19)17-15-8-6-14(7-9-15)12-22-24(20,21)16-10-4-13(2)5-11-16/h4-5,10-11,14-15,17H,3,6-9,12H2,1-2H3/t14-,15-. The number of hydrogen-bond donors (Lipinski definition) is 1. The molecule has 8 heteroatoms. The van der Waals surface area contributed by atoms with Gasteiger partial charge in [0.15, 0.2) is 0 Å². The van der Waals surface area contributed by atoms with E-state index in [1.165, 1.54) is 0 Å². The van der Waals surface area contributed by atoms with Crippen molar-refractivity contribution in [1.29, 1.82) is 0 Å². The van der Waals surface area contributed by atoms with Gasteiger partial charge < -0.3 is 0 Å². The van der Waals surface area contributed by atoms with Crippen LogP contribution in [-0.2, 0) is 24.3 Å². The van der Waals surface area contributed by atoms with Crippen LogP contribution in [0.5, 0.6) is 0 Å². The van der Waals surface area contributed by atoms with Crippen LogP contribution in [0.25, 0.3) is 0 Å². The molecular formula is C16H25NO5S2. The summed E-state index contributed by atoms with van der Waals surface area (Å²) in [5, 5.41) is 0. The maximum absolute atomic E-state index is 12.2. The molecule has 0 amide bonds. The lowest BCUT2D eigenvalue weighted by atomic mass is 9.87. The highest BCUT2D eigenvalue weighted by Gasteiger charge is 2.26. The molecule has 1 aliphatic carbocycles. The summed E-state index contributed by atoms with van der Waals surface area (Å²) in [6.45, 7) is 3.64. The molecule has 2 rings (SSSR count). The maximum Gasteiger partial charge on any atom is 0.296 e. The Kier molecular flexibility index (Phi) is 6.41. The van der Waals surface area contributed by atoms with Crippen LogP contribution in [0.4, 0.5) is 0 Å². The summed E-state index contributed by atoms with van der Waals surface area (Å²) in [7, 11) is -6.92. The van der Waals surface area contributed by atoms with Crippen molar-refractivity contribution in [2.45, 2.75) is 50.5 Å². The van der Waals surface area contributed by atoms with Crippen molar-refractivity contribution in [3.8, 4) is 0 Å². The fourth-order valence-electron chi connectivity index (χ4n) is 2.74. The molecule has 1 aliphatic rings. The van der Waals surface area contributed by atoms with Gasteiger partial charge in [-0.05, 0) is 57.6 Å². The Hall–Kier alpha value is -0.960. The normalized spacial score (nSPS) is 22.4. The second-order valence-electron chi connectivity index (χ2n) is 6.29. The van der Waals surface area contributed by atoms with Crippen LogP contribution >= 0.6 is 0 Å². The molecule has 1 saturated carbocycles. The van der Waals surface area contributed by atoms with Gasteiger partial charge in [0.1, 0.15) is 0 Å². The Labute approximate surface area is 144 Å². The van der Waals surface area contributed by atoms with Crippen LogP contribution < -0.4 is 4.72 Å². The molecule has 0 unspecified atom stereocenters. The van der Waals surface area contributed by atoms with Crippen LogP contribution in [0.2, 0.25) is 0 Å². The van der Waals surface area contributed by atoms with E-state index in [4.69, 9.17) is 4.18 Å². The van der Waals surface area contributed by atoms with Gasteiger partial charge in [-0.2, -0.15) is 8.42 Å². The molecule has 1 aromatic carbocycles. The zero-order valence-electron chi connectivity index (χ0n) is 14.1. The summed E-state index contributed by atoms with van der Waals surface area (Å²) in [5.41, 5.74) is 0.988. The number of hydrogen-bond acceptors (Lipinski definition) is 5. The fraction of sp³-hybridized carbons (Fsp3) is 0.625. The largest absolute Gasteiger partial charge is 0.296 e. The molecule has 0 heterocycles. The van der Waals surface area contributed by atoms with Gasteiger partial charge in [0, 0.05) is 6.04 Å². The first-order chi connectivity index (χ1) is 11.2. The number of nitrogens with one attached hydrogen (secondary N) is 1. The maximum atomic E-state index is 12.2. The molecular weight excluding hydrogens is 350 g/mol. The van der Waals surface area contributed by atoms with E-state index in [-0.39, 0.29) is 29.2 Å². The first-order valence-electron chi connectivity index (χ1n) is 8.18. The fourth-order valence-corrected chi connectivity index (χ4v) is 4.63. The molecule has 1 N–H and O–H groups in total. The summed E-state index contributed by atoms with van der Waals surface area (Å²) >= 11 is 0. The van der Waals surface area contributed by atoms with E-state index >= 15 is 0 Å². The summed E-state index contributed by atoms with van der Waals surface area (Å²) < 4.78 is 55.3. The molecule has 0 aromatic heterocycles. The smallest absolute Gasteiger partial charge is 0.266 e. The quantitative estimate of drug-likeness (QED) is 0.738.